The number of nitrogens with one attached hydrogen (secondary N) is 2. The van der Waals surface area contributed by atoms with Crippen LogP contribution in [0.2, 0.25) is 0 Å². The molecular weight excluding hydrogens is 614 g/mol. The van der Waals surface area contributed by atoms with E-state index in [-0.39, 0.29) is 92.5 Å². The Morgan fingerprint density at radius 2 is 1.48 bits per heavy atom. The fraction of sp³-hybridized carbons (Fsp3) is 0.0833. The Labute approximate surface area is 283 Å². The van der Waals surface area contributed by atoms with E-state index in [2.05, 4.69) is 10.6 Å². The number of nitrogens with zero attached hydrogens (tertiary/aromatic N) is 2. The minimum atomic E-state index is -5.29. The average Bonchev–Trinajstić information content (AvgIpc) is 3.25. The van der Waals surface area contributed by atoms with Crippen LogP contribution in [0.15, 0.2) is 70.6 Å². The summed E-state index contributed by atoms with van der Waals surface area (Å²) in [5.41, 5.74) is -0.159. The SMILES string of the molecule is Cc1ccc(C(=O)Nc2ccc3c(S(=O)(=O)[O-])cccc3c2S(=O)(=O)[O-])cc1NC(=O)c1cc([N+](=O)[O-])cn1C.[Na+].[Na+]. The largest absolute Gasteiger partial charge is 1.00 e. The monoisotopic (exact) mass is 632 g/mol. The summed E-state index contributed by atoms with van der Waals surface area (Å²) in [5, 5.41) is 15.2. The third kappa shape index (κ3) is 7.46. The van der Waals surface area contributed by atoms with E-state index in [4.69, 9.17) is 0 Å². The van der Waals surface area contributed by atoms with Gasteiger partial charge >= 0.3 is 59.1 Å². The summed E-state index contributed by atoms with van der Waals surface area (Å²) in [4.78, 5) is 34.5. The van der Waals surface area contributed by atoms with Crippen LogP contribution >= 0.6 is 0 Å². The molecule has 3 aromatic carbocycles. The van der Waals surface area contributed by atoms with Gasteiger partial charge in [0.05, 0.1) is 26.6 Å². The number of anilines is 2. The Bertz CT molecular complexity index is 1960. The van der Waals surface area contributed by atoms with Crippen molar-refractivity contribution in [1.82, 2.24) is 4.57 Å². The minimum absolute atomic E-state index is 0. The predicted octanol–water partition coefficient (Wildman–Crippen LogP) is -3.28. The van der Waals surface area contributed by atoms with Crippen molar-refractivity contribution in [3.63, 3.8) is 0 Å². The molecule has 0 aliphatic carbocycles. The molecule has 0 aliphatic heterocycles. The Kier molecular flexibility index (Phi) is 11.3. The average molecular weight is 633 g/mol. The van der Waals surface area contributed by atoms with Crippen LogP contribution in [-0.2, 0) is 27.3 Å². The third-order valence-electron chi connectivity index (χ3n) is 5.92. The van der Waals surface area contributed by atoms with Crippen LogP contribution in [0.5, 0.6) is 0 Å². The number of aryl methyl sites for hydroxylation is 2. The summed E-state index contributed by atoms with van der Waals surface area (Å²) in [5.74, 6) is -1.59. The Morgan fingerprint density at radius 3 is 2.05 bits per heavy atom. The fourth-order valence-electron chi connectivity index (χ4n) is 4.04. The molecule has 2 N–H and O–H groups in total. The first-order chi connectivity index (χ1) is 18.6. The molecule has 0 aliphatic rings. The molecule has 208 valence electrons. The Balaban J connectivity index is 0.00000308. The van der Waals surface area contributed by atoms with E-state index in [9.17, 15) is 45.6 Å². The number of nitro groups is 1. The van der Waals surface area contributed by atoms with Crippen LogP contribution in [0, 0.1) is 17.0 Å². The zero-order valence-corrected chi connectivity index (χ0v) is 28.2. The number of fused-ring (bicyclic) bond motifs is 1. The molecule has 0 unspecified atom stereocenters. The van der Waals surface area contributed by atoms with Gasteiger partial charge in [-0.3, -0.25) is 19.7 Å². The molecule has 0 spiro atoms. The zero-order valence-electron chi connectivity index (χ0n) is 22.6. The van der Waals surface area contributed by atoms with Crippen molar-refractivity contribution in [2.75, 3.05) is 10.6 Å². The normalized spacial score (nSPS) is 11.2. The fourth-order valence-corrected chi connectivity index (χ4v) is 5.57. The summed E-state index contributed by atoms with van der Waals surface area (Å²) in [7, 11) is -8.86. The van der Waals surface area contributed by atoms with Crippen molar-refractivity contribution in [2.24, 2.45) is 7.05 Å². The number of amides is 2. The first kappa shape index (κ1) is 35.6. The van der Waals surface area contributed by atoms with E-state index in [1.165, 1.54) is 29.8 Å². The van der Waals surface area contributed by atoms with Crippen molar-refractivity contribution >= 4 is 59.9 Å². The van der Waals surface area contributed by atoms with Crippen molar-refractivity contribution < 1.29 is 99.6 Å². The van der Waals surface area contributed by atoms with Crippen molar-refractivity contribution in [1.29, 1.82) is 0 Å². The van der Waals surface area contributed by atoms with Crippen LogP contribution < -0.4 is 69.7 Å². The van der Waals surface area contributed by atoms with Gasteiger partial charge < -0.3 is 24.3 Å². The first-order valence-corrected chi connectivity index (χ1v) is 13.9. The number of carbonyl (C=O) groups is 2. The van der Waals surface area contributed by atoms with E-state index in [1.807, 2.05) is 0 Å². The summed E-state index contributed by atoms with van der Waals surface area (Å²) < 4.78 is 72.6. The van der Waals surface area contributed by atoms with Crippen LogP contribution in [0.1, 0.15) is 26.4 Å². The van der Waals surface area contributed by atoms with Crippen LogP contribution in [-0.4, -0.2) is 47.2 Å². The molecule has 0 saturated heterocycles. The quantitative estimate of drug-likeness (QED) is 0.0895. The molecule has 1 heterocycles. The van der Waals surface area contributed by atoms with Gasteiger partial charge in [-0.05, 0) is 36.8 Å². The predicted molar refractivity (Wildman–Crippen MR) is 139 cm³/mol. The second kappa shape index (κ2) is 13.3. The maximum absolute atomic E-state index is 13.1. The molecule has 14 nitrogen and oxygen atoms in total. The van der Waals surface area contributed by atoms with Gasteiger partial charge in [-0.25, -0.2) is 16.8 Å². The van der Waals surface area contributed by atoms with Crippen molar-refractivity contribution in [3.8, 4) is 0 Å². The number of carbonyl (C=O) groups excluding carboxylic acids is 2. The van der Waals surface area contributed by atoms with E-state index < -0.39 is 52.5 Å². The van der Waals surface area contributed by atoms with Gasteiger partial charge in [-0.1, -0.05) is 24.3 Å². The number of benzene rings is 3. The van der Waals surface area contributed by atoms with Crippen LogP contribution in [0.3, 0.4) is 0 Å². The number of hydrogen-bond acceptors (Lipinski definition) is 10. The molecule has 0 fully saturated rings. The van der Waals surface area contributed by atoms with E-state index in [1.54, 1.807) is 6.92 Å². The van der Waals surface area contributed by atoms with Gasteiger partial charge in [-0.2, -0.15) is 0 Å². The van der Waals surface area contributed by atoms with Gasteiger partial charge in [0.1, 0.15) is 25.9 Å². The molecule has 4 rings (SSSR count). The second-order valence-electron chi connectivity index (χ2n) is 8.59. The van der Waals surface area contributed by atoms with Gasteiger partial charge in [0.25, 0.3) is 17.5 Å². The first-order valence-electron chi connectivity index (χ1n) is 11.1. The summed E-state index contributed by atoms with van der Waals surface area (Å²) in [6.07, 6.45) is 1.16. The maximum atomic E-state index is 13.1. The molecular formula is C24H18N4Na2O10S2. The molecule has 0 bridgehead atoms. The van der Waals surface area contributed by atoms with E-state index in [0.717, 1.165) is 42.6 Å². The third-order valence-corrected chi connectivity index (χ3v) is 7.76. The van der Waals surface area contributed by atoms with Crippen molar-refractivity contribution in [3.05, 3.63) is 87.7 Å². The number of hydrogen-bond donors (Lipinski definition) is 2. The molecule has 0 atom stereocenters. The van der Waals surface area contributed by atoms with E-state index in [0.29, 0.717) is 5.56 Å². The standard InChI is InChI=1S/C24H20N4O10S2.2Na/c1-13-6-7-14(10-19(13)26-24(30)20-11-15(28(31)32)12-27(20)2)23(29)25-18-9-8-16-17(22(18)40(36,37)38)4-3-5-21(16)39(33,34)35;;/h3-12H,1-2H3,(H,25,29)(H,26,30)(H,33,34,35)(H,36,37,38);;/q;2*+1/p-2. The number of aromatic nitrogens is 1. The molecule has 2 amide bonds. The molecule has 0 radical (unpaired) electrons. The van der Waals surface area contributed by atoms with Crippen LogP contribution in [0.4, 0.5) is 17.1 Å². The van der Waals surface area contributed by atoms with Gasteiger partial charge in [0.2, 0.25) is 0 Å². The van der Waals surface area contributed by atoms with Crippen LogP contribution in [0.25, 0.3) is 10.8 Å². The second-order valence-corrected chi connectivity index (χ2v) is 11.3. The van der Waals surface area contributed by atoms with Crippen molar-refractivity contribution in [2.45, 2.75) is 16.7 Å². The maximum Gasteiger partial charge on any atom is 1.00 e. The summed E-state index contributed by atoms with van der Waals surface area (Å²) in [6.45, 7) is 1.62. The molecule has 18 heteroatoms. The Morgan fingerprint density at radius 1 is 0.833 bits per heavy atom. The van der Waals surface area contributed by atoms with E-state index >= 15 is 0 Å². The summed E-state index contributed by atoms with van der Waals surface area (Å²) in [6, 6.07) is 10.4. The number of rotatable bonds is 7. The molecule has 0 saturated carbocycles. The minimum Gasteiger partial charge on any atom is -0.744 e. The van der Waals surface area contributed by atoms with Gasteiger partial charge in [0, 0.05) is 35.1 Å². The summed E-state index contributed by atoms with van der Waals surface area (Å²) >= 11 is 0. The topological polar surface area (TPSA) is 221 Å². The van der Waals surface area contributed by atoms with Gasteiger partial charge in [-0.15, -0.1) is 0 Å². The Hall–Kier alpha value is -2.64. The molecule has 4 aromatic rings. The zero-order chi connectivity index (χ0) is 29.6. The van der Waals surface area contributed by atoms with Gasteiger partial charge in [0.15, 0.2) is 0 Å². The smallest absolute Gasteiger partial charge is 0.744 e. The molecule has 1 aromatic heterocycles. The molecule has 42 heavy (non-hydrogen) atoms.